The molecule has 1 aliphatic rings. The van der Waals surface area contributed by atoms with Crippen molar-refractivity contribution in [3.8, 4) is 22.8 Å². The lowest BCUT2D eigenvalue weighted by Crippen LogP contribution is -2.12. The van der Waals surface area contributed by atoms with E-state index in [-0.39, 0.29) is 11.8 Å². The Bertz CT molecular complexity index is 1490. The molecule has 1 fully saturated rings. The number of nitrogens with one attached hydrogen (secondary N) is 2. The average molecular weight is 445 g/mol. The highest BCUT2D eigenvalue weighted by Gasteiger charge is 2.43. The topological polar surface area (TPSA) is 140 Å². The van der Waals surface area contributed by atoms with Gasteiger partial charge in [-0.3, -0.25) is 4.79 Å². The third-order valence-corrected chi connectivity index (χ3v) is 5.58. The molecule has 0 spiro atoms. The molecule has 0 bridgehead atoms. The number of tetrazole rings is 1. The highest BCUT2D eigenvalue weighted by Crippen LogP contribution is 2.43. The number of aryl methyl sites for hydroxylation is 1. The Morgan fingerprint density at radius 3 is 2.88 bits per heavy atom. The van der Waals surface area contributed by atoms with E-state index in [9.17, 15) is 9.18 Å². The Balaban J connectivity index is 1.26. The number of rotatable bonds is 5. The summed E-state index contributed by atoms with van der Waals surface area (Å²) >= 11 is 0. The van der Waals surface area contributed by atoms with E-state index in [1.165, 1.54) is 6.20 Å². The van der Waals surface area contributed by atoms with Gasteiger partial charge in [0.15, 0.2) is 0 Å². The van der Waals surface area contributed by atoms with Gasteiger partial charge in [-0.05, 0) is 42.3 Å². The smallest absolute Gasteiger partial charge is 0.259 e. The molecule has 5 aromatic rings. The fourth-order valence-electron chi connectivity index (χ4n) is 3.58. The van der Waals surface area contributed by atoms with Gasteiger partial charge < -0.3 is 9.84 Å². The number of aromatic amines is 1. The van der Waals surface area contributed by atoms with Crippen molar-refractivity contribution in [3.63, 3.8) is 0 Å². The first kappa shape index (κ1) is 19.2. The molecule has 2 N–H and O–H groups in total. The molecular weight excluding hydrogens is 429 g/mol. The summed E-state index contributed by atoms with van der Waals surface area (Å²) in [4.78, 5) is 17.3. The zero-order valence-corrected chi connectivity index (χ0v) is 17.2. The van der Waals surface area contributed by atoms with Crippen LogP contribution < -0.4 is 5.32 Å². The SMILES string of the molecule is Cc1ccc(-c2noc([C@H]3C[C@@H]3F)n2)cc1NC(=O)c1cnn2cc(-c3nn[nH]n3)ccc12. The molecule has 1 saturated carbocycles. The van der Waals surface area contributed by atoms with Crippen LogP contribution in [0.5, 0.6) is 0 Å². The third-order valence-electron chi connectivity index (χ3n) is 5.58. The van der Waals surface area contributed by atoms with E-state index >= 15 is 0 Å². The number of benzene rings is 1. The van der Waals surface area contributed by atoms with Crippen LogP contribution in [0.3, 0.4) is 0 Å². The number of halogens is 1. The Kier molecular flexibility index (Phi) is 4.25. The normalized spacial score (nSPS) is 17.4. The molecule has 0 unspecified atom stereocenters. The van der Waals surface area contributed by atoms with Crippen LogP contribution in [0.4, 0.5) is 10.1 Å². The largest absolute Gasteiger partial charge is 0.339 e. The minimum Gasteiger partial charge on any atom is -0.339 e. The van der Waals surface area contributed by atoms with Gasteiger partial charge in [-0.2, -0.15) is 15.3 Å². The molecule has 11 nitrogen and oxygen atoms in total. The number of fused-ring (bicyclic) bond motifs is 1. The van der Waals surface area contributed by atoms with Crippen LogP contribution in [0.2, 0.25) is 0 Å². The van der Waals surface area contributed by atoms with Crippen molar-refractivity contribution < 1.29 is 13.7 Å². The van der Waals surface area contributed by atoms with Gasteiger partial charge in [0.1, 0.15) is 6.17 Å². The van der Waals surface area contributed by atoms with E-state index in [2.05, 4.69) is 41.2 Å². The van der Waals surface area contributed by atoms with Crippen molar-refractivity contribution >= 4 is 17.1 Å². The second-order valence-electron chi connectivity index (χ2n) is 7.84. The first-order valence-corrected chi connectivity index (χ1v) is 10.2. The van der Waals surface area contributed by atoms with E-state index in [0.717, 1.165) is 5.56 Å². The van der Waals surface area contributed by atoms with Crippen LogP contribution in [0.1, 0.15) is 34.2 Å². The van der Waals surface area contributed by atoms with Gasteiger partial charge in [0.05, 0.1) is 23.2 Å². The van der Waals surface area contributed by atoms with Gasteiger partial charge in [0, 0.05) is 23.0 Å². The highest BCUT2D eigenvalue weighted by molar-refractivity contribution is 6.09. The van der Waals surface area contributed by atoms with Crippen molar-refractivity contribution in [2.24, 2.45) is 0 Å². The zero-order valence-electron chi connectivity index (χ0n) is 17.2. The van der Waals surface area contributed by atoms with E-state index in [1.54, 1.807) is 28.9 Å². The minimum atomic E-state index is -0.916. The number of anilines is 1. The molecular formula is C21H16FN9O2. The summed E-state index contributed by atoms with van der Waals surface area (Å²) in [6, 6.07) is 9.01. The molecule has 33 heavy (non-hydrogen) atoms. The maximum Gasteiger partial charge on any atom is 0.259 e. The van der Waals surface area contributed by atoms with Crippen LogP contribution in [0, 0.1) is 6.92 Å². The van der Waals surface area contributed by atoms with E-state index in [1.807, 2.05) is 19.1 Å². The number of hydrogen-bond acceptors (Lipinski definition) is 8. The van der Waals surface area contributed by atoms with E-state index < -0.39 is 6.17 Å². The number of carbonyl (C=O) groups is 1. The summed E-state index contributed by atoms with van der Waals surface area (Å²) < 4.78 is 20.1. The molecule has 1 aliphatic carbocycles. The maximum absolute atomic E-state index is 13.3. The second-order valence-corrected chi connectivity index (χ2v) is 7.84. The summed E-state index contributed by atoms with van der Waals surface area (Å²) in [5, 5.41) is 25.0. The molecule has 1 amide bonds. The van der Waals surface area contributed by atoms with Crippen LogP contribution >= 0.6 is 0 Å². The molecule has 0 aliphatic heterocycles. The Morgan fingerprint density at radius 1 is 1.24 bits per heavy atom. The number of alkyl halides is 1. The Hall–Kier alpha value is -4.48. The predicted molar refractivity (Wildman–Crippen MR) is 113 cm³/mol. The number of amides is 1. The number of hydrogen-bond donors (Lipinski definition) is 2. The first-order chi connectivity index (χ1) is 16.1. The minimum absolute atomic E-state index is 0.301. The quantitative estimate of drug-likeness (QED) is 0.421. The Labute approximate surface area is 185 Å². The Morgan fingerprint density at radius 2 is 2.09 bits per heavy atom. The summed E-state index contributed by atoms with van der Waals surface area (Å²) in [7, 11) is 0. The first-order valence-electron chi connectivity index (χ1n) is 10.2. The zero-order chi connectivity index (χ0) is 22.5. The molecule has 6 rings (SSSR count). The van der Waals surface area contributed by atoms with E-state index in [0.29, 0.717) is 51.9 Å². The van der Waals surface area contributed by atoms with Crippen LogP contribution in [0.25, 0.3) is 28.3 Å². The molecule has 2 atom stereocenters. The molecule has 164 valence electrons. The fraction of sp³-hybridized carbons (Fsp3) is 0.190. The van der Waals surface area contributed by atoms with Crippen molar-refractivity contribution in [2.45, 2.75) is 25.4 Å². The number of carbonyl (C=O) groups excluding carboxylic acids is 1. The lowest BCUT2D eigenvalue weighted by atomic mass is 10.1. The molecule has 12 heteroatoms. The van der Waals surface area contributed by atoms with Gasteiger partial charge in [-0.1, -0.05) is 17.3 Å². The predicted octanol–water partition coefficient (Wildman–Crippen LogP) is 2.95. The summed E-state index contributed by atoms with van der Waals surface area (Å²) in [5.41, 5.74) is 3.86. The van der Waals surface area contributed by atoms with Gasteiger partial charge in [-0.25, -0.2) is 8.91 Å². The van der Waals surface area contributed by atoms with Gasteiger partial charge in [0.25, 0.3) is 5.91 Å². The summed E-state index contributed by atoms with van der Waals surface area (Å²) in [6.45, 7) is 1.88. The maximum atomic E-state index is 13.3. The second kappa shape index (κ2) is 7.29. The lowest BCUT2D eigenvalue weighted by molar-refractivity contribution is 0.102. The molecule has 4 heterocycles. The summed E-state index contributed by atoms with van der Waals surface area (Å²) in [5.74, 6) is 0.454. The monoisotopic (exact) mass is 445 g/mol. The van der Waals surface area contributed by atoms with Crippen molar-refractivity contribution in [1.29, 1.82) is 0 Å². The van der Waals surface area contributed by atoms with Gasteiger partial charge >= 0.3 is 0 Å². The van der Waals surface area contributed by atoms with E-state index in [4.69, 9.17) is 4.52 Å². The molecule has 4 aromatic heterocycles. The number of nitrogens with zero attached hydrogens (tertiary/aromatic N) is 7. The van der Waals surface area contributed by atoms with Gasteiger partial charge in [-0.15, -0.1) is 10.2 Å². The molecule has 1 aromatic carbocycles. The molecule has 0 radical (unpaired) electrons. The van der Waals surface area contributed by atoms with Crippen LogP contribution in [-0.2, 0) is 0 Å². The number of aromatic nitrogens is 8. The number of pyridine rings is 1. The standard InChI is InChI=1S/C21H16FN9O2/c1-10-2-3-11(18-25-21(33-28-18)13-7-15(13)22)6-16(10)24-20(32)14-8-23-31-9-12(4-5-17(14)31)19-26-29-30-27-19/h2-6,8-9,13,15H,7H2,1H3,(H,24,32)(H,26,27,29,30)/t13-,15-/m0/s1. The van der Waals surface area contributed by atoms with Crippen LogP contribution in [0.15, 0.2) is 47.2 Å². The molecule has 0 saturated heterocycles. The lowest BCUT2D eigenvalue weighted by Gasteiger charge is -2.09. The summed E-state index contributed by atoms with van der Waals surface area (Å²) in [6.07, 6.45) is 2.71. The third kappa shape index (κ3) is 3.41. The highest BCUT2D eigenvalue weighted by atomic mass is 19.1. The van der Waals surface area contributed by atoms with Crippen molar-refractivity contribution in [2.75, 3.05) is 5.32 Å². The fourth-order valence-corrected chi connectivity index (χ4v) is 3.58. The number of H-pyrrole nitrogens is 1. The van der Waals surface area contributed by atoms with Crippen molar-refractivity contribution in [1.82, 2.24) is 40.4 Å². The average Bonchev–Trinajstić information content (AvgIpc) is 3.29. The van der Waals surface area contributed by atoms with Gasteiger partial charge in [0.2, 0.25) is 17.5 Å². The van der Waals surface area contributed by atoms with Crippen molar-refractivity contribution in [3.05, 3.63) is 59.7 Å². The van der Waals surface area contributed by atoms with Crippen LogP contribution in [-0.4, -0.2) is 52.5 Å².